The van der Waals surface area contributed by atoms with E-state index in [0.29, 0.717) is 23.0 Å². The number of aromatic amines is 1. The van der Waals surface area contributed by atoms with Crippen molar-refractivity contribution >= 4 is 22.5 Å². The van der Waals surface area contributed by atoms with E-state index in [4.69, 9.17) is 5.73 Å². The van der Waals surface area contributed by atoms with Crippen molar-refractivity contribution < 1.29 is 4.79 Å². The molecule has 0 saturated carbocycles. The Bertz CT molecular complexity index is 890. The summed E-state index contributed by atoms with van der Waals surface area (Å²) in [6.45, 7) is 0. The van der Waals surface area contributed by atoms with Crippen molar-refractivity contribution in [3.8, 4) is 0 Å². The second-order valence-corrected chi connectivity index (χ2v) is 5.25. The number of nitrogens with two attached hydrogens (primary N) is 1. The molecule has 1 atom stereocenters. The van der Waals surface area contributed by atoms with E-state index in [1.807, 2.05) is 30.3 Å². The average molecular weight is 308 g/mol. The summed E-state index contributed by atoms with van der Waals surface area (Å²) in [5.74, 6) is -0.280. The van der Waals surface area contributed by atoms with Crippen LogP contribution in [0.15, 0.2) is 59.7 Å². The number of fused-ring (bicyclic) bond motifs is 1. The van der Waals surface area contributed by atoms with Gasteiger partial charge in [-0.3, -0.25) is 9.59 Å². The molecule has 0 radical (unpaired) electrons. The lowest BCUT2D eigenvalue weighted by molar-refractivity contribution is -0.117. The third kappa shape index (κ3) is 3.44. The van der Waals surface area contributed by atoms with Gasteiger partial charge in [-0.15, -0.1) is 0 Å². The third-order valence-electron chi connectivity index (χ3n) is 3.54. The van der Waals surface area contributed by atoms with Gasteiger partial charge < -0.3 is 16.0 Å². The summed E-state index contributed by atoms with van der Waals surface area (Å²) in [6.07, 6.45) is 1.79. The lowest BCUT2D eigenvalue weighted by Gasteiger charge is -2.12. The normalized spacial score (nSPS) is 12.0. The Morgan fingerprint density at radius 2 is 2.00 bits per heavy atom. The molecule has 1 aromatic heterocycles. The molecule has 3 aromatic rings. The highest BCUT2D eigenvalue weighted by Crippen LogP contribution is 2.14. The number of H-pyrrole nitrogens is 1. The number of rotatable bonds is 4. The van der Waals surface area contributed by atoms with Gasteiger partial charge in [0.1, 0.15) is 0 Å². The highest BCUT2D eigenvalue weighted by molar-refractivity contribution is 5.96. The Kier molecular flexibility index (Phi) is 4.16. The van der Waals surface area contributed by atoms with Gasteiger partial charge in [-0.1, -0.05) is 30.3 Å². The van der Waals surface area contributed by atoms with Crippen LogP contribution < -0.4 is 16.6 Å². The summed E-state index contributed by atoms with van der Waals surface area (Å²) < 4.78 is 0. The Morgan fingerprint density at radius 3 is 2.78 bits per heavy atom. The van der Waals surface area contributed by atoms with Crippen molar-refractivity contribution in [1.82, 2.24) is 9.97 Å². The zero-order valence-corrected chi connectivity index (χ0v) is 12.3. The molecule has 0 aliphatic rings. The van der Waals surface area contributed by atoms with E-state index in [0.717, 1.165) is 5.56 Å². The summed E-state index contributed by atoms with van der Waals surface area (Å²) in [7, 11) is 0. The molecule has 0 bridgehead atoms. The predicted octanol–water partition coefficient (Wildman–Crippen LogP) is 1.43. The van der Waals surface area contributed by atoms with Crippen molar-refractivity contribution in [2.75, 3.05) is 5.32 Å². The van der Waals surface area contributed by atoms with Crippen molar-refractivity contribution in [3.05, 3.63) is 70.8 Å². The minimum Gasteiger partial charge on any atom is -0.325 e. The van der Waals surface area contributed by atoms with Gasteiger partial charge >= 0.3 is 0 Å². The molecule has 2 aromatic carbocycles. The molecule has 23 heavy (non-hydrogen) atoms. The molecule has 1 amide bonds. The number of carbonyl (C=O) groups is 1. The van der Waals surface area contributed by atoms with Gasteiger partial charge in [0.2, 0.25) is 5.91 Å². The SMILES string of the molecule is N[C@@H](Cc1ccccc1)C(=O)Nc1ccc2c(=O)[nH]cnc2c1. The van der Waals surface area contributed by atoms with Crippen molar-refractivity contribution in [2.24, 2.45) is 5.73 Å². The first-order valence-electron chi connectivity index (χ1n) is 7.21. The van der Waals surface area contributed by atoms with Crippen LogP contribution in [0.25, 0.3) is 10.9 Å². The summed E-state index contributed by atoms with van der Waals surface area (Å²) in [5.41, 5.74) is 7.81. The topological polar surface area (TPSA) is 101 Å². The van der Waals surface area contributed by atoms with Gasteiger partial charge in [0, 0.05) is 5.69 Å². The molecule has 0 saturated heterocycles. The van der Waals surface area contributed by atoms with Crippen LogP contribution in [0, 0.1) is 0 Å². The molecule has 3 rings (SSSR count). The number of hydrogen-bond acceptors (Lipinski definition) is 4. The van der Waals surface area contributed by atoms with Crippen LogP contribution in [0.3, 0.4) is 0 Å². The molecule has 0 aliphatic heterocycles. The van der Waals surface area contributed by atoms with E-state index >= 15 is 0 Å². The number of amides is 1. The van der Waals surface area contributed by atoms with Crippen LogP contribution in [0.1, 0.15) is 5.56 Å². The van der Waals surface area contributed by atoms with Gasteiger partial charge in [-0.05, 0) is 30.2 Å². The van der Waals surface area contributed by atoms with Crippen LogP contribution in [-0.2, 0) is 11.2 Å². The Morgan fingerprint density at radius 1 is 1.22 bits per heavy atom. The highest BCUT2D eigenvalue weighted by atomic mass is 16.2. The second-order valence-electron chi connectivity index (χ2n) is 5.25. The van der Waals surface area contributed by atoms with Crippen LogP contribution in [-0.4, -0.2) is 21.9 Å². The van der Waals surface area contributed by atoms with E-state index in [1.54, 1.807) is 18.2 Å². The number of aromatic nitrogens is 2. The molecular weight excluding hydrogens is 292 g/mol. The summed E-state index contributed by atoms with van der Waals surface area (Å²) >= 11 is 0. The molecule has 0 fully saturated rings. The minimum absolute atomic E-state index is 0.214. The van der Waals surface area contributed by atoms with Crippen molar-refractivity contribution in [2.45, 2.75) is 12.5 Å². The first kappa shape index (κ1) is 14.9. The Hall–Kier alpha value is -2.99. The highest BCUT2D eigenvalue weighted by Gasteiger charge is 2.14. The Balaban J connectivity index is 1.73. The van der Waals surface area contributed by atoms with Crippen LogP contribution in [0.4, 0.5) is 5.69 Å². The van der Waals surface area contributed by atoms with Gasteiger partial charge in [-0.2, -0.15) is 0 Å². The maximum Gasteiger partial charge on any atom is 0.258 e. The van der Waals surface area contributed by atoms with Crippen LogP contribution in [0.5, 0.6) is 0 Å². The van der Waals surface area contributed by atoms with Gasteiger partial charge in [0.05, 0.1) is 23.3 Å². The van der Waals surface area contributed by atoms with E-state index in [2.05, 4.69) is 15.3 Å². The fourth-order valence-electron chi connectivity index (χ4n) is 2.34. The summed E-state index contributed by atoms with van der Waals surface area (Å²) in [4.78, 5) is 30.4. The number of benzene rings is 2. The van der Waals surface area contributed by atoms with E-state index in [1.165, 1.54) is 6.33 Å². The number of nitrogens with zero attached hydrogens (tertiary/aromatic N) is 1. The first-order chi connectivity index (χ1) is 11.1. The fourth-order valence-corrected chi connectivity index (χ4v) is 2.34. The fraction of sp³-hybridized carbons (Fsp3) is 0.118. The molecule has 6 heteroatoms. The molecule has 1 heterocycles. The average Bonchev–Trinajstić information content (AvgIpc) is 2.56. The molecule has 0 aliphatic carbocycles. The summed E-state index contributed by atoms with van der Waals surface area (Å²) in [6, 6.07) is 13.9. The van der Waals surface area contributed by atoms with E-state index in [9.17, 15) is 9.59 Å². The maximum atomic E-state index is 12.2. The second kappa shape index (κ2) is 6.41. The third-order valence-corrected chi connectivity index (χ3v) is 3.54. The molecule has 0 unspecified atom stereocenters. The summed E-state index contributed by atoms with van der Waals surface area (Å²) in [5, 5.41) is 3.23. The van der Waals surface area contributed by atoms with E-state index in [-0.39, 0.29) is 11.5 Å². The molecule has 4 N–H and O–H groups in total. The Labute approximate surface area is 132 Å². The largest absolute Gasteiger partial charge is 0.325 e. The van der Waals surface area contributed by atoms with E-state index < -0.39 is 6.04 Å². The molecule has 6 nitrogen and oxygen atoms in total. The predicted molar refractivity (Wildman–Crippen MR) is 89.1 cm³/mol. The molecular formula is C17H16N4O2. The zero-order valence-electron chi connectivity index (χ0n) is 12.3. The molecule has 116 valence electrons. The van der Waals surface area contributed by atoms with Gasteiger partial charge in [0.15, 0.2) is 0 Å². The zero-order chi connectivity index (χ0) is 16.2. The van der Waals surface area contributed by atoms with Crippen molar-refractivity contribution in [3.63, 3.8) is 0 Å². The standard InChI is InChI=1S/C17H16N4O2/c18-14(8-11-4-2-1-3-5-11)17(23)21-12-6-7-13-15(9-12)19-10-20-16(13)22/h1-7,9-10,14H,8,18H2,(H,21,23)(H,19,20,22)/t14-/m0/s1. The van der Waals surface area contributed by atoms with Crippen LogP contribution >= 0.6 is 0 Å². The number of nitrogens with one attached hydrogen (secondary N) is 2. The number of anilines is 1. The van der Waals surface area contributed by atoms with Crippen molar-refractivity contribution in [1.29, 1.82) is 0 Å². The quantitative estimate of drug-likeness (QED) is 0.678. The first-order valence-corrected chi connectivity index (χ1v) is 7.21. The smallest absolute Gasteiger partial charge is 0.258 e. The number of hydrogen-bond donors (Lipinski definition) is 3. The monoisotopic (exact) mass is 308 g/mol. The van der Waals surface area contributed by atoms with Gasteiger partial charge in [-0.25, -0.2) is 4.98 Å². The maximum absolute atomic E-state index is 12.2. The number of carbonyl (C=O) groups excluding carboxylic acids is 1. The van der Waals surface area contributed by atoms with Gasteiger partial charge in [0.25, 0.3) is 5.56 Å². The lowest BCUT2D eigenvalue weighted by Crippen LogP contribution is -2.37. The minimum atomic E-state index is -0.653. The molecule has 0 spiro atoms. The van der Waals surface area contributed by atoms with Crippen LogP contribution in [0.2, 0.25) is 0 Å². The lowest BCUT2D eigenvalue weighted by atomic mass is 10.1.